The molecule has 0 radical (unpaired) electrons. The first-order valence-corrected chi connectivity index (χ1v) is 3.73. The summed E-state index contributed by atoms with van der Waals surface area (Å²) < 4.78 is 0. The maximum absolute atomic E-state index is 10.6. The summed E-state index contributed by atoms with van der Waals surface area (Å²) in [5.41, 5.74) is -0.575. The molecule has 0 aromatic heterocycles. The van der Waals surface area contributed by atoms with Crippen LogP contribution in [0.1, 0.15) is 40.0 Å². The van der Waals surface area contributed by atoms with Crippen LogP contribution in [0.5, 0.6) is 0 Å². The van der Waals surface area contributed by atoms with Gasteiger partial charge in [0.2, 0.25) is 0 Å². The summed E-state index contributed by atoms with van der Waals surface area (Å²) >= 11 is 0. The van der Waals surface area contributed by atoms with E-state index in [1.165, 1.54) is 0 Å². The Morgan fingerprint density at radius 3 is 2.10 bits per heavy atom. The lowest BCUT2D eigenvalue weighted by Crippen LogP contribution is -2.39. The van der Waals surface area contributed by atoms with Gasteiger partial charge in [-0.05, 0) is 19.8 Å². The molecular formula is C7H16NO2-. The summed E-state index contributed by atoms with van der Waals surface area (Å²) in [6.45, 7) is 5.66. The van der Waals surface area contributed by atoms with Crippen molar-refractivity contribution in [3.8, 4) is 0 Å². The van der Waals surface area contributed by atoms with Gasteiger partial charge in [-0.3, -0.25) is 5.23 Å². The molecule has 0 aromatic carbocycles. The molecule has 0 aliphatic rings. The van der Waals surface area contributed by atoms with Crippen molar-refractivity contribution in [2.24, 2.45) is 0 Å². The first-order valence-electron chi connectivity index (χ1n) is 3.73. The molecule has 0 amide bonds. The smallest absolute Gasteiger partial charge is 0.0296 e. The quantitative estimate of drug-likeness (QED) is 0.618. The molecule has 3 heteroatoms. The van der Waals surface area contributed by atoms with Gasteiger partial charge in [0.15, 0.2) is 0 Å². The third-order valence-electron chi connectivity index (χ3n) is 2.01. The minimum Gasteiger partial charge on any atom is -0.762 e. The third kappa shape index (κ3) is 2.25. The highest BCUT2D eigenvalue weighted by atomic mass is 16.8. The Labute approximate surface area is 62.2 Å². The highest BCUT2D eigenvalue weighted by Crippen LogP contribution is 2.21. The molecule has 0 aliphatic heterocycles. The minimum absolute atomic E-state index is 0.0799. The average molecular weight is 146 g/mol. The van der Waals surface area contributed by atoms with Crippen molar-refractivity contribution in [3.05, 3.63) is 5.21 Å². The van der Waals surface area contributed by atoms with Gasteiger partial charge in [0.05, 0.1) is 0 Å². The van der Waals surface area contributed by atoms with Crippen LogP contribution in [0, 0.1) is 5.21 Å². The van der Waals surface area contributed by atoms with Crippen LogP contribution >= 0.6 is 0 Å². The van der Waals surface area contributed by atoms with Gasteiger partial charge in [0, 0.05) is 5.54 Å². The van der Waals surface area contributed by atoms with Crippen LogP contribution in [-0.4, -0.2) is 16.0 Å². The number of rotatable bonds is 4. The molecule has 0 saturated carbocycles. The molecule has 62 valence electrons. The molecule has 0 aliphatic carbocycles. The highest BCUT2D eigenvalue weighted by molar-refractivity contribution is 4.79. The Morgan fingerprint density at radius 2 is 2.00 bits per heavy atom. The largest absolute Gasteiger partial charge is 0.762 e. The van der Waals surface area contributed by atoms with E-state index in [4.69, 9.17) is 5.21 Å². The number of nitrogens with zero attached hydrogens (tertiary/aromatic N) is 1. The Hall–Kier alpha value is -0.120. The standard InChI is InChI=1S/C7H16NO2/c1-4-6-7(3,5-2)8(9)10/h9H,4-6H2,1-3H3/q-1. The Morgan fingerprint density at radius 1 is 1.50 bits per heavy atom. The van der Waals surface area contributed by atoms with Crippen LogP contribution in [0.2, 0.25) is 0 Å². The van der Waals surface area contributed by atoms with Gasteiger partial charge in [0.25, 0.3) is 0 Å². The van der Waals surface area contributed by atoms with Crippen LogP contribution in [0.25, 0.3) is 0 Å². The summed E-state index contributed by atoms with van der Waals surface area (Å²) in [6.07, 6.45) is 2.34. The topological polar surface area (TPSA) is 46.5 Å². The second-order valence-corrected chi connectivity index (χ2v) is 2.87. The first kappa shape index (κ1) is 9.88. The van der Waals surface area contributed by atoms with E-state index < -0.39 is 5.54 Å². The second-order valence-electron chi connectivity index (χ2n) is 2.87. The van der Waals surface area contributed by atoms with Crippen molar-refractivity contribution >= 4 is 0 Å². The lowest BCUT2D eigenvalue weighted by Gasteiger charge is -2.40. The zero-order chi connectivity index (χ0) is 8.20. The molecule has 0 spiro atoms. The fraction of sp³-hybridized carbons (Fsp3) is 1.00. The number of hydrogen-bond donors (Lipinski definition) is 1. The van der Waals surface area contributed by atoms with E-state index in [2.05, 4.69) is 0 Å². The predicted molar refractivity (Wildman–Crippen MR) is 40.6 cm³/mol. The molecular weight excluding hydrogens is 130 g/mol. The highest BCUT2D eigenvalue weighted by Gasteiger charge is 2.21. The van der Waals surface area contributed by atoms with Crippen LogP contribution in [0.3, 0.4) is 0 Å². The van der Waals surface area contributed by atoms with Crippen molar-refractivity contribution in [2.45, 2.75) is 45.6 Å². The molecule has 10 heavy (non-hydrogen) atoms. The lowest BCUT2D eigenvalue weighted by molar-refractivity contribution is -0.128. The molecule has 0 aromatic rings. The zero-order valence-electron chi connectivity index (χ0n) is 6.92. The van der Waals surface area contributed by atoms with Crippen LogP contribution in [0.15, 0.2) is 0 Å². The molecule has 1 atom stereocenters. The predicted octanol–water partition coefficient (Wildman–Crippen LogP) is 2.14. The number of hydroxylamine groups is 2. The summed E-state index contributed by atoms with van der Waals surface area (Å²) in [7, 11) is 0. The summed E-state index contributed by atoms with van der Waals surface area (Å²) in [5.74, 6) is 0. The van der Waals surface area contributed by atoms with Crippen molar-refractivity contribution in [1.82, 2.24) is 5.23 Å². The summed E-state index contributed by atoms with van der Waals surface area (Å²) in [4.78, 5) is 0. The van der Waals surface area contributed by atoms with E-state index in [9.17, 15) is 5.21 Å². The van der Waals surface area contributed by atoms with Crippen molar-refractivity contribution in [3.63, 3.8) is 0 Å². The second kappa shape index (κ2) is 3.91. The molecule has 1 N–H and O–H groups in total. The molecule has 0 heterocycles. The van der Waals surface area contributed by atoms with Crippen LogP contribution in [0.4, 0.5) is 0 Å². The molecule has 3 nitrogen and oxygen atoms in total. The zero-order valence-corrected chi connectivity index (χ0v) is 6.92. The maximum atomic E-state index is 10.6. The minimum atomic E-state index is -0.575. The molecule has 0 bridgehead atoms. The Bertz CT molecular complexity index is 95.6. The fourth-order valence-corrected chi connectivity index (χ4v) is 0.946. The van der Waals surface area contributed by atoms with Gasteiger partial charge < -0.3 is 10.4 Å². The molecule has 0 saturated heterocycles. The van der Waals surface area contributed by atoms with E-state index in [1.807, 2.05) is 13.8 Å². The van der Waals surface area contributed by atoms with Gasteiger partial charge >= 0.3 is 0 Å². The number of hydrogen-bond acceptors (Lipinski definition) is 3. The van der Waals surface area contributed by atoms with Gasteiger partial charge in [0.1, 0.15) is 0 Å². The maximum Gasteiger partial charge on any atom is 0.0296 e. The van der Waals surface area contributed by atoms with Gasteiger partial charge in [-0.15, -0.1) is 0 Å². The van der Waals surface area contributed by atoms with E-state index in [-0.39, 0.29) is 5.23 Å². The van der Waals surface area contributed by atoms with Crippen molar-refractivity contribution in [1.29, 1.82) is 0 Å². The SMILES string of the molecule is CCCC(C)(CC)N([O-])O. The van der Waals surface area contributed by atoms with Crippen molar-refractivity contribution in [2.75, 3.05) is 0 Å². The molecule has 0 rings (SSSR count). The fourth-order valence-electron chi connectivity index (χ4n) is 0.946. The third-order valence-corrected chi connectivity index (χ3v) is 2.01. The summed E-state index contributed by atoms with van der Waals surface area (Å²) in [5, 5.41) is 19.3. The van der Waals surface area contributed by atoms with Gasteiger partial charge in [-0.25, -0.2) is 0 Å². The van der Waals surface area contributed by atoms with E-state index in [1.54, 1.807) is 6.92 Å². The van der Waals surface area contributed by atoms with Gasteiger partial charge in [-0.2, -0.15) is 0 Å². The summed E-state index contributed by atoms with van der Waals surface area (Å²) in [6, 6.07) is 0. The van der Waals surface area contributed by atoms with E-state index in [0.717, 1.165) is 12.8 Å². The van der Waals surface area contributed by atoms with E-state index >= 15 is 0 Å². The van der Waals surface area contributed by atoms with E-state index in [0.29, 0.717) is 6.42 Å². The van der Waals surface area contributed by atoms with Crippen LogP contribution < -0.4 is 0 Å². The molecule has 1 unspecified atom stereocenters. The normalized spacial score (nSPS) is 17.4. The monoisotopic (exact) mass is 146 g/mol. The Balaban J connectivity index is 3.94. The van der Waals surface area contributed by atoms with Crippen LogP contribution in [-0.2, 0) is 0 Å². The Kier molecular flexibility index (Phi) is 3.86. The first-order chi connectivity index (χ1) is 4.56. The lowest BCUT2D eigenvalue weighted by atomic mass is 9.94. The van der Waals surface area contributed by atoms with Gasteiger partial charge in [-0.1, -0.05) is 20.3 Å². The van der Waals surface area contributed by atoms with Crippen molar-refractivity contribution < 1.29 is 5.21 Å². The average Bonchev–Trinajstić information content (AvgIpc) is 1.88. The molecule has 0 fully saturated rings.